The number of amides is 1. The Balaban J connectivity index is 1.65. The lowest BCUT2D eigenvalue weighted by molar-refractivity contribution is -0.170. The Hall–Kier alpha value is -2.15. The molecular weight excluding hydrogens is 456 g/mol. The van der Waals surface area contributed by atoms with Gasteiger partial charge in [0.15, 0.2) is 5.60 Å². The van der Waals surface area contributed by atoms with Gasteiger partial charge in [-0.25, -0.2) is 9.59 Å². The van der Waals surface area contributed by atoms with Crippen molar-refractivity contribution in [3.8, 4) is 0 Å². The first-order valence-corrected chi connectivity index (χ1v) is 13.6. The van der Waals surface area contributed by atoms with Crippen molar-refractivity contribution in [1.82, 2.24) is 10.3 Å². The maximum Gasteiger partial charge on any atom is 0.407 e. The molecule has 1 amide bonds. The largest absolute Gasteiger partial charge is 0.444 e. The standard InChI is InChI=1S/C29H44N2O5/c1-18(2)14-24(31-26(33)35-27(3,4)5)29(25(32)34-28(6,7)36-29)17-23-22-11-10-20(15-19-8-9-19)16-21(22)12-13-30-23/h12-13,18-20,24H,8-11,14-17H2,1-7H3,(H,31,33)/t20?,24?,29-/m1/s1. The number of aromatic nitrogens is 1. The zero-order chi connectivity index (χ0) is 26.3. The van der Waals surface area contributed by atoms with Crippen LogP contribution in [-0.2, 0) is 38.3 Å². The summed E-state index contributed by atoms with van der Waals surface area (Å²) < 4.78 is 17.7. The van der Waals surface area contributed by atoms with E-state index in [0.29, 0.717) is 6.42 Å². The van der Waals surface area contributed by atoms with E-state index in [1.54, 1.807) is 13.8 Å². The van der Waals surface area contributed by atoms with Gasteiger partial charge in [0.05, 0.1) is 6.04 Å². The van der Waals surface area contributed by atoms with E-state index < -0.39 is 35.1 Å². The predicted molar refractivity (Wildman–Crippen MR) is 137 cm³/mol. The van der Waals surface area contributed by atoms with E-state index >= 15 is 0 Å². The van der Waals surface area contributed by atoms with Crippen molar-refractivity contribution < 1.29 is 23.8 Å². The van der Waals surface area contributed by atoms with Crippen molar-refractivity contribution in [2.45, 2.75) is 123 Å². The van der Waals surface area contributed by atoms with Crippen LogP contribution in [0, 0.1) is 17.8 Å². The molecule has 7 heteroatoms. The summed E-state index contributed by atoms with van der Waals surface area (Å²) in [4.78, 5) is 31.2. The predicted octanol–water partition coefficient (Wildman–Crippen LogP) is 5.52. The molecule has 36 heavy (non-hydrogen) atoms. The van der Waals surface area contributed by atoms with Gasteiger partial charge < -0.3 is 19.5 Å². The summed E-state index contributed by atoms with van der Waals surface area (Å²) >= 11 is 0. The average Bonchev–Trinajstić information content (AvgIpc) is 3.50. The lowest BCUT2D eigenvalue weighted by atomic mass is 9.78. The van der Waals surface area contributed by atoms with Gasteiger partial charge in [-0.3, -0.25) is 4.98 Å². The third-order valence-electron chi connectivity index (χ3n) is 7.42. The summed E-state index contributed by atoms with van der Waals surface area (Å²) in [5.41, 5.74) is 1.38. The summed E-state index contributed by atoms with van der Waals surface area (Å²) in [5, 5.41) is 2.98. The number of hydrogen-bond donors (Lipinski definition) is 1. The zero-order valence-electron chi connectivity index (χ0n) is 23.1. The van der Waals surface area contributed by atoms with Crippen molar-refractivity contribution in [3.63, 3.8) is 0 Å². The van der Waals surface area contributed by atoms with Gasteiger partial charge in [0.2, 0.25) is 5.79 Å². The highest BCUT2D eigenvalue weighted by Crippen LogP contribution is 2.42. The minimum atomic E-state index is -1.39. The summed E-state index contributed by atoms with van der Waals surface area (Å²) in [5.74, 6) is 0.273. The Kier molecular flexibility index (Phi) is 7.44. The van der Waals surface area contributed by atoms with E-state index in [-0.39, 0.29) is 12.3 Å². The number of ether oxygens (including phenoxy) is 3. The van der Waals surface area contributed by atoms with Crippen molar-refractivity contribution in [1.29, 1.82) is 0 Å². The normalized spacial score (nSPS) is 26.3. The maximum atomic E-state index is 13.6. The number of pyridine rings is 1. The fourth-order valence-corrected chi connectivity index (χ4v) is 5.81. The van der Waals surface area contributed by atoms with Crippen LogP contribution in [0.25, 0.3) is 0 Å². The minimum absolute atomic E-state index is 0.197. The molecule has 2 heterocycles. The number of fused-ring (bicyclic) bond motifs is 1. The van der Waals surface area contributed by atoms with Crippen molar-refractivity contribution in [3.05, 3.63) is 29.1 Å². The molecule has 3 atom stereocenters. The zero-order valence-corrected chi connectivity index (χ0v) is 23.1. The number of carbonyl (C=O) groups excluding carboxylic acids is 2. The first-order valence-electron chi connectivity index (χ1n) is 13.6. The summed E-state index contributed by atoms with van der Waals surface area (Å²) in [6.45, 7) is 13.1. The third-order valence-corrected chi connectivity index (χ3v) is 7.42. The SMILES string of the molecule is CC(C)CC(NC(=O)OC(C)(C)C)[C@@]1(Cc2nccc3c2CCC(CC2CC2)C3)OC(C)(C)OC1=O. The second-order valence-corrected chi connectivity index (χ2v) is 13.0. The molecular formula is C29H44N2O5. The molecule has 1 N–H and O–H groups in total. The summed E-state index contributed by atoms with van der Waals surface area (Å²) in [6.07, 6.45) is 9.32. The Morgan fingerprint density at radius 1 is 1.22 bits per heavy atom. The van der Waals surface area contributed by atoms with E-state index in [1.165, 1.54) is 30.4 Å². The van der Waals surface area contributed by atoms with Crippen LogP contribution in [0.5, 0.6) is 0 Å². The molecule has 0 radical (unpaired) electrons. The smallest absolute Gasteiger partial charge is 0.407 e. The highest BCUT2D eigenvalue weighted by molar-refractivity contribution is 5.84. The molecule has 4 rings (SSSR count). The van der Waals surface area contributed by atoms with E-state index in [2.05, 4.69) is 25.2 Å². The van der Waals surface area contributed by atoms with Gasteiger partial charge in [0, 0.05) is 32.2 Å². The topological polar surface area (TPSA) is 86.8 Å². The lowest BCUT2D eigenvalue weighted by Gasteiger charge is -2.37. The molecule has 0 spiro atoms. The van der Waals surface area contributed by atoms with Gasteiger partial charge in [-0.15, -0.1) is 0 Å². The number of hydrogen-bond acceptors (Lipinski definition) is 6. The van der Waals surface area contributed by atoms with Crippen LogP contribution in [0.3, 0.4) is 0 Å². The fourth-order valence-electron chi connectivity index (χ4n) is 5.81. The number of rotatable bonds is 8. The summed E-state index contributed by atoms with van der Waals surface area (Å²) in [6, 6.07) is 1.50. The molecule has 7 nitrogen and oxygen atoms in total. The highest BCUT2D eigenvalue weighted by atomic mass is 16.8. The number of nitrogens with zero attached hydrogens (tertiary/aromatic N) is 1. The first kappa shape index (κ1) is 26.9. The van der Waals surface area contributed by atoms with Crippen LogP contribution in [0.1, 0.15) is 97.4 Å². The maximum absolute atomic E-state index is 13.6. The molecule has 200 valence electrons. The Labute approximate surface area is 216 Å². The number of esters is 1. The summed E-state index contributed by atoms with van der Waals surface area (Å²) in [7, 11) is 0. The van der Waals surface area contributed by atoms with E-state index in [4.69, 9.17) is 19.2 Å². The monoisotopic (exact) mass is 500 g/mol. The molecule has 0 aromatic carbocycles. The molecule has 2 fully saturated rings. The van der Waals surface area contributed by atoms with Crippen LogP contribution < -0.4 is 5.32 Å². The van der Waals surface area contributed by atoms with Crippen molar-refractivity contribution in [2.75, 3.05) is 0 Å². The lowest BCUT2D eigenvalue weighted by Crippen LogP contribution is -2.59. The van der Waals surface area contributed by atoms with E-state index in [0.717, 1.165) is 36.8 Å². The van der Waals surface area contributed by atoms with Crippen LogP contribution in [0.2, 0.25) is 0 Å². The number of alkyl carbamates (subject to hydrolysis) is 1. The quantitative estimate of drug-likeness (QED) is 0.473. The van der Waals surface area contributed by atoms with E-state index in [9.17, 15) is 9.59 Å². The molecule has 2 aliphatic carbocycles. The second kappa shape index (κ2) is 9.96. The molecule has 0 bridgehead atoms. The van der Waals surface area contributed by atoms with Crippen molar-refractivity contribution in [2.24, 2.45) is 17.8 Å². The van der Waals surface area contributed by atoms with Crippen LogP contribution >= 0.6 is 0 Å². The van der Waals surface area contributed by atoms with Crippen LogP contribution in [0.4, 0.5) is 4.79 Å². The fraction of sp³-hybridized carbons (Fsp3) is 0.759. The van der Waals surface area contributed by atoms with Gasteiger partial charge in [-0.05, 0) is 87.8 Å². The second-order valence-electron chi connectivity index (χ2n) is 13.0. The minimum Gasteiger partial charge on any atom is -0.444 e. The van der Waals surface area contributed by atoms with Gasteiger partial charge in [0.1, 0.15) is 5.60 Å². The third kappa shape index (κ3) is 6.39. The Bertz CT molecular complexity index is 978. The van der Waals surface area contributed by atoms with Gasteiger partial charge in [-0.1, -0.05) is 26.7 Å². The first-order chi connectivity index (χ1) is 16.8. The molecule has 3 aliphatic rings. The van der Waals surface area contributed by atoms with E-state index in [1.807, 2.05) is 27.0 Å². The van der Waals surface area contributed by atoms with Gasteiger partial charge >= 0.3 is 12.1 Å². The van der Waals surface area contributed by atoms with Crippen LogP contribution in [-0.4, -0.2) is 40.1 Å². The Morgan fingerprint density at radius 2 is 1.94 bits per heavy atom. The number of cyclic esters (lactones) is 1. The molecule has 1 aliphatic heterocycles. The number of nitrogens with one attached hydrogen (secondary N) is 1. The van der Waals surface area contributed by atoms with Gasteiger partial charge in [0.25, 0.3) is 0 Å². The van der Waals surface area contributed by atoms with Gasteiger partial charge in [-0.2, -0.15) is 0 Å². The molecule has 1 aromatic rings. The molecule has 1 saturated carbocycles. The average molecular weight is 501 g/mol. The Morgan fingerprint density at radius 3 is 2.53 bits per heavy atom. The van der Waals surface area contributed by atoms with Crippen molar-refractivity contribution >= 4 is 12.1 Å². The molecule has 1 aromatic heterocycles. The number of carbonyl (C=O) groups is 2. The van der Waals surface area contributed by atoms with Crippen LogP contribution in [0.15, 0.2) is 12.3 Å². The molecule has 2 unspecified atom stereocenters. The molecule has 1 saturated heterocycles. The highest BCUT2D eigenvalue weighted by Gasteiger charge is 2.59.